The Kier molecular flexibility index (Phi) is 7.58. The summed E-state index contributed by atoms with van der Waals surface area (Å²) in [5, 5.41) is 0. The van der Waals surface area contributed by atoms with Crippen LogP contribution >= 0.6 is 28.4 Å². The fourth-order valence-corrected chi connectivity index (χ4v) is 34.6. The Balaban J connectivity index is 3.03. The molecule has 0 aliphatic carbocycles. The van der Waals surface area contributed by atoms with Gasteiger partial charge in [-0.3, -0.25) is 8.62 Å². The molecule has 0 aromatic rings. The molecule has 0 aromatic heterocycles. The van der Waals surface area contributed by atoms with Crippen LogP contribution in [0.1, 0.15) is 40.0 Å². The predicted octanol–water partition coefficient (Wildman–Crippen LogP) is 5.92. The topological polar surface area (TPSA) is 18.5 Å². The van der Waals surface area contributed by atoms with Crippen molar-refractivity contribution < 1.29 is 8.62 Å². The molecule has 2 nitrogen and oxygen atoms in total. The van der Waals surface area contributed by atoms with E-state index in [0.717, 1.165) is 37.7 Å². The van der Waals surface area contributed by atoms with Crippen LogP contribution in [0.15, 0.2) is 0 Å². The van der Waals surface area contributed by atoms with Crippen LogP contribution in [0.4, 0.5) is 0 Å². The van der Waals surface area contributed by atoms with Crippen molar-refractivity contribution in [1.29, 1.82) is 0 Å². The maximum atomic E-state index is 6.14. The molecule has 2 unspecified atom stereocenters. The Morgan fingerprint density at radius 1 is 0.778 bits per heavy atom. The molecule has 1 heterocycles. The third-order valence-electron chi connectivity index (χ3n) is 2.24. The highest BCUT2D eigenvalue weighted by Crippen LogP contribution is 2.91. The van der Waals surface area contributed by atoms with Gasteiger partial charge in [0.1, 0.15) is 10.9 Å². The number of hydrogen-bond acceptors (Lipinski definition) is 6. The predicted molar refractivity (Wildman–Crippen MR) is 98.1 cm³/mol. The van der Waals surface area contributed by atoms with Crippen molar-refractivity contribution in [2.24, 2.45) is 0 Å². The summed E-state index contributed by atoms with van der Waals surface area (Å²) in [7, 11) is 0. The second-order valence-corrected chi connectivity index (χ2v) is 22.8. The molecular formula is C9H21O2P3S4. The van der Waals surface area contributed by atoms with E-state index in [0.29, 0.717) is 0 Å². The SMILES string of the molecule is CCCP1(=S)OP(=S)(CCC)SP(=S)(CCC)O1. The summed E-state index contributed by atoms with van der Waals surface area (Å²) >= 11 is 18.9. The molecule has 0 amide bonds. The minimum atomic E-state index is -2.21. The minimum Gasteiger partial charge on any atom is -0.286 e. The van der Waals surface area contributed by atoms with E-state index in [1.165, 1.54) is 0 Å². The van der Waals surface area contributed by atoms with E-state index in [9.17, 15) is 0 Å². The van der Waals surface area contributed by atoms with E-state index >= 15 is 0 Å². The van der Waals surface area contributed by atoms with Gasteiger partial charge in [0, 0.05) is 18.5 Å². The maximum absolute atomic E-state index is 6.14. The zero-order valence-electron chi connectivity index (χ0n) is 11.0. The van der Waals surface area contributed by atoms with Gasteiger partial charge in [0.2, 0.25) is 0 Å². The summed E-state index contributed by atoms with van der Waals surface area (Å²) < 4.78 is 12.3. The molecule has 1 fully saturated rings. The molecule has 9 heteroatoms. The van der Waals surface area contributed by atoms with Crippen molar-refractivity contribution in [2.45, 2.75) is 40.0 Å². The number of rotatable bonds is 6. The van der Waals surface area contributed by atoms with Crippen molar-refractivity contribution >= 4 is 63.8 Å². The van der Waals surface area contributed by atoms with Crippen molar-refractivity contribution in [1.82, 2.24) is 0 Å². The first-order chi connectivity index (χ1) is 8.30. The van der Waals surface area contributed by atoms with Crippen LogP contribution in [-0.2, 0) is 44.0 Å². The maximum Gasteiger partial charge on any atom is 0.197 e. The van der Waals surface area contributed by atoms with E-state index in [4.69, 9.17) is 44.0 Å². The third-order valence-corrected chi connectivity index (χ3v) is 25.6. The molecule has 0 bridgehead atoms. The standard InChI is InChI=1S/C9H21O2P3S4/c1-4-7-12(15)10-13(16,8-5-2)18-14(17,11-12)9-6-3/h4-9H2,1-3H3. The lowest BCUT2D eigenvalue weighted by Gasteiger charge is -2.40. The Morgan fingerprint density at radius 3 is 1.50 bits per heavy atom. The molecule has 0 aromatic carbocycles. The highest BCUT2D eigenvalue weighted by Gasteiger charge is 2.42. The van der Waals surface area contributed by atoms with Crippen molar-refractivity contribution in [2.75, 3.05) is 18.5 Å². The van der Waals surface area contributed by atoms with Gasteiger partial charge < -0.3 is 0 Å². The summed E-state index contributed by atoms with van der Waals surface area (Å²) in [5.74, 6) is 0. The second-order valence-electron chi connectivity index (χ2n) is 4.25. The van der Waals surface area contributed by atoms with Crippen LogP contribution in [0.3, 0.4) is 0 Å². The molecule has 1 saturated heterocycles. The van der Waals surface area contributed by atoms with Crippen LogP contribution in [0.5, 0.6) is 0 Å². The van der Waals surface area contributed by atoms with Crippen LogP contribution in [0, 0.1) is 0 Å². The van der Waals surface area contributed by atoms with E-state index in [1.807, 2.05) is 0 Å². The fourth-order valence-electron chi connectivity index (χ4n) is 1.68. The molecule has 0 saturated carbocycles. The monoisotopic (exact) mass is 382 g/mol. The van der Waals surface area contributed by atoms with Gasteiger partial charge in [0.25, 0.3) is 0 Å². The third kappa shape index (κ3) is 5.20. The zero-order chi connectivity index (χ0) is 13.9. The Bertz CT molecular complexity index is 346. The van der Waals surface area contributed by atoms with Gasteiger partial charge in [-0.25, -0.2) is 0 Å². The van der Waals surface area contributed by atoms with E-state index in [1.54, 1.807) is 11.0 Å². The zero-order valence-corrected chi connectivity index (χ0v) is 17.0. The average Bonchev–Trinajstić information content (AvgIpc) is 2.14. The summed E-state index contributed by atoms with van der Waals surface area (Å²) in [4.78, 5) is 0. The molecule has 0 spiro atoms. The van der Waals surface area contributed by atoms with E-state index in [-0.39, 0.29) is 0 Å². The smallest absolute Gasteiger partial charge is 0.197 e. The second kappa shape index (κ2) is 7.47. The van der Waals surface area contributed by atoms with Gasteiger partial charge in [0.05, 0.1) is 0 Å². The quantitative estimate of drug-likeness (QED) is 0.527. The molecule has 18 heavy (non-hydrogen) atoms. The van der Waals surface area contributed by atoms with Gasteiger partial charge in [-0.05, 0) is 42.1 Å². The summed E-state index contributed by atoms with van der Waals surface area (Å²) in [6, 6.07) is 0. The first-order valence-electron chi connectivity index (χ1n) is 6.21. The first kappa shape index (κ1) is 18.3. The summed E-state index contributed by atoms with van der Waals surface area (Å²) in [6.07, 6.45) is 5.72. The summed E-state index contributed by atoms with van der Waals surface area (Å²) in [5.41, 5.74) is -3.80. The van der Waals surface area contributed by atoms with Crippen LogP contribution in [0.2, 0.25) is 0 Å². The average molecular weight is 382 g/mol. The van der Waals surface area contributed by atoms with Crippen molar-refractivity contribution in [3.05, 3.63) is 0 Å². The normalized spacial score (nSPS) is 40.8. The molecule has 0 radical (unpaired) electrons. The van der Waals surface area contributed by atoms with Crippen molar-refractivity contribution in [3.8, 4) is 0 Å². The first-order valence-corrected chi connectivity index (χ1v) is 16.9. The molecule has 1 aliphatic rings. The van der Waals surface area contributed by atoms with Gasteiger partial charge >= 0.3 is 0 Å². The van der Waals surface area contributed by atoms with Gasteiger partial charge in [-0.1, -0.05) is 44.4 Å². The molecule has 1 rings (SSSR count). The summed E-state index contributed by atoms with van der Waals surface area (Å²) in [6.45, 7) is 4.17. The molecule has 108 valence electrons. The highest BCUT2D eigenvalue weighted by molar-refractivity contribution is 8.99. The molecule has 0 N–H and O–H groups in total. The van der Waals surface area contributed by atoms with Gasteiger partial charge in [-0.2, -0.15) is 0 Å². The lowest BCUT2D eigenvalue weighted by atomic mass is 10.6. The Morgan fingerprint density at radius 2 is 1.17 bits per heavy atom. The van der Waals surface area contributed by atoms with E-state index in [2.05, 4.69) is 20.8 Å². The Labute approximate surface area is 130 Å². The lowest BCUT2D eigenvalue weighted by molar-refractivity contribution is 0.545. The van der Waals surface area contributed by atoms with Crippen LogP contribution < -0.4 is 0 Å². The fraction of sp³-hybridized carbons (Fsp3) is 1.00. The number of hydrogen-bond donors (Lipinski definition) is 0. The molecule has 1 aliphatic heterocycles. The largest absolute Gasteiger partial charge is 0.286 e. The lowest BCUT2D eigenvalue weighted by Crippen LogP contribution is -2.04. The van der Waals surface area contributed by atoms with E-state index < -0.39 is 17.4 Å². The molecular weight excluding hydrogens is 361 g/mol. The highest BCUT2D eigenvalue weighted by atomic mass is 33.2. The minimum absolute atomic E-state index is 0.813. The Hall–Kier alpha value is 2.22. The van der Waals surface area contributed by atoms with Crippen molar-refractivity contribution in [3.63, 3.8) is 0 Å². The van der Waals surface area contributed by atoms with Gasteiger partial charge in [-0.15, -0.1) is 0 Å². The van der Waals surface area contributed by atoms with Crippen LogP contribution in [0.25, 0.3) is 0 Å². The van der Waals surface area contributed by atoms with Crippen LogP contribution in [-0.4, -0.2) is 18.5 Å². The van der Waals surface area contributed by atoms with Gasteiger partial charge in [0.15, 0.2) is 6.49 Å². The molecule has 2 atom stereocenters.